The minimum atomic E-state index is 0.0750. The highest BCUT2D eigenvalue weighted by Gasteiger charge is 2.19. The van der Waals surface area contributed by atoms with Gasteiger partial charge in [-0.3, -0.25) is 9.58 Å². The van der Waals surface area contributed by atoms with Crippen molar-refractivity contribution in [2.45, 2.75) is 6.04 Å². The summed E-state index contributed by atoms with van der Waals surface area (Å²) in [5.74, 6) is 0. The number of hydrogen-bond acceptors (Lipinski definition) is 5. The molecule has 98 valence electrons. The van der Waals surface area contributed by atoms with Crippen LogP contribution in [-0.4, -0.2) is 59.7 Å². The van der Waals surface area contributed by atoms with Crippen molar-refractivity contribution in [2.24, 2.45) is 12.8 Å². The molecule has 17 heavy (non-hydrogen) atoms. The Labute approximate surface area is 102 Å². The molecule has 0 aliphatic rings. The SMILES string of the molecule is COCCN(CCO)C(CN)c1cnn(C)c1. The Morgan fingerprint density at radius 2 is 2.35 bits per heavy atom. The molecule has 0 saturated carbocycles. The van der Waals surface area contributed by atoms with Gasteiger partial charge in [0.2, 0.25) is 0 Å². The van der Waals surface area contributed by atoms with Crippen LogP contribution in [0.3, 0.4) is 0 Å². The van der Waals surface area contributed by atoms with Gasteiger partial charge in [-0.1, -0.05) is 0 Å². The quantitative estimate of drug-likeness (QED) is 0.634. The Morgan fingerprint density at radius 1 is 1.59 bits per heavy atom. The van der Waals surface area contributed by atoms with E-state index in [1.54, 1.807) is 11.8 Å². The van der Waals surface area contributed by atoms with E-state index < -0.39 is 0 Å². The predicted octanol–water partition coefficient (Wildman–Crippen LogP) is -0.639. The van der Waals surface area contributed by atoms with Crippen molar-refractivity contribution in [3.8, 4) is 0 Å². The number of aliphatic hydroxyl groups excluding tert-OH is 1. The minimum absolute atomic E-state index is 0.0750. The Hall–Kier alpha value is -0.950. The van der Waals surface area contributed by atoms with Crippen LogP contribution in [0.25, 0.3) is 0 Å². The zero-order valence-electron chi connectivity index (χ0n) is 10.5. The maximum absolute atomic E-state index is 9.09. The topological polar surface area (TPSA) is 76.5 Å². The maximum Gasteiger partial charge on any atom is 0.0589 e. The van der Waals surface area contributed by atoms with Crippen LogP contribution in [0.4, 0.5) is 0 Å². The fraction of sp³-hybridized carbons (Fsp3) is 0.727. The molecule has 1 rings (SSSR count). The highest BCUT2D eigenvalue weighted by Crippen LogP contribution is 2.18. The van der Waals surface area contributed by atoms with Crippen LogP contribution in [0.1, 0.15) is 11.6 Å². The Bertz CT molecular complexity index is 316. The standard InChI is InChI=1S/C11H22N4O2/c1-14-9-10(8-13-14)11(7-12)15(3-5-16)4-6-17-2/h8-9,11,16H,3-7,12H2,1-2H3. The van der Waals surface area contributed by atoms with E-state index in [1.165, 1.54) is 0 Å². The van der Waals surface area contributed by atoms with Crippen molar-refractivity contribution >= 4 is 0 Å². The lowest BCUT2D eigenvalue weighted by Crippen LogP contribution is -2.37. The van der Waals surface area contributed by atoms with Gasteiger partial charge < -0.3 is 15.6 Å². The molecule has 0 amide bonds. The molecule has 1 atom stereocenters. The van der Waals surface area contributed by atoms with Crippen molar-refractivity contribution in [2.75, 3.05) is 40.0 Å². The summed E-state index contributed by atoms with van der Waals surface area (Å²) in [6, 6.07) is 0.0750. The first-order valence-corrected chi connectivity index (χ1v) is 5.75. The van der Waals surface area contributed by atoms with E-state index in [2.05, 4.69) is 10.00 Å². The smallest absolute Gasteiger partial charge is 0.0589 e. The molecule has 0 fully saturated rings. The van der Waals surface area contributed by atoms with E-state index in [-0.39, 0.29) is 12.6 Å². The lowest BCUT2D eigenvalue weighted by atomic mass is 10.1. The van der Waals surface area contributed by atoms with Crippen molar-refractivity contribution in [3.63, 3.8) is 0 Å². The van der Waals surface area contributed by atoms with Crippen LogP contribution in [0.2, 0.25) is 0 Å². The first kappa shape index (κ1) is 14.1. The van der Waals surface area contributed by atoms with Gasteiger partial charge in [-0.25, -0.2) is 0 Å². The van der Waals surface area contributed by atoms with Crippen molar-refractivity contribution in [1.82, 2.24) is 14.7 Å². The van der Waals surface area contributed by atoms with Crippen LogP contribution in [0, 0.1) is 0 Å². The zero-order valence-corrected chi connectivity index (χ0v) is 10.5. The third-order valence-corrected chi connectivity index (χ3v) is 2.74. The molecule has 0 saturated heterocycles. The molecule has 1 unspecified atom stereocenters. The molecule has 0 bridgehead atoms. The number of ether oxygens (including phenoxy) is 1. The Morgan fingerprint density at radius 3 is 2.82 bits per heavy atom. The summed E-state index contributed by atoms with van der Waals surface area (Å²) in [4.78, 5) is 2.11. The van der Waals surface area contributed by atoms with E-state index >= 15 is 0 Å². The van der Waals surface area contributed by atoms with Gasteiger partial charge in [0.1, 0.15) is 0 Å². The van der Waals surface area contributed by atoms with Gasteiger partial charge in [0.15, 0.2) is 0 Å². The molecule has 0 spiro atoms. The van der Waals surface area contributed by atoms with Crippen LogP contribution < -0.4 is 5.73 Å². The van der Waals surface area contributed by atoms with Crippen LogP contribution in [0.5, 0.6) is 0 Å². The molecule has 1 aromatic heterocycles. The summed E-state index contributed by atoms with van der Waals surface area (Å²) >= 11 is 0. The summed E-state index contributed by atoms with van der Waals surface area (Å²) in [5.41, 5.74) is 6.88. The van der Waals surface area contributed by atoms with Gasteiger partial charge >= 0.3 is 0 Å². The van der Waals surface area contributed by atoms with E-state index in [1.807, 2.05) is 19.4 Å². The molecule has 3 N–H and O–H groups in total. The number of nitrogens with two attached hydrogens (primary N) is 1. The fourth-order valence-corrected chi connectivity index (χ4v) is 1.87. The number of methoxy groups -OCH3 is 1. The van der Waals surface area contributed by atoms with E-state index in [9.17, 15) is 0 Å². The molecular formula is C11H22N4O2. The highest BCUT2D eigenvalue weighted by atomic mass is 16.5. The third-order valence-electron chi connectivity index (χ3n) is 2.74. The van der Waals surface area contributed by atoms with Crippen molar-refractivity contribution in [3.05, 3.63) is 18.0 Å². The molecule has 1 aromatic rings. The normalized spacial score (nSPS) is 13.2. The summed E-state index contributed by atoms with van der Waals surface area (Å²) in [6.07, 6.45) is 3.77. The molecule has 1 heterocycles. The van der Waals surface area contributed by atoms with Crippen LogP contribution in [0.15, 0.2) is 12.4 Å². The van der Waals surface area contributed by atoms with Gasteiger partial charge in [-0.2, -0.15) is 5.10 Å². The van der Waals surface area contributed by atoms with Gasteiger partial charge in [0.25, 0.3) is 0 Å². The van der Waals surface area contributed by atoms with Gasteiger partial charge in [-0.05, 0) is 0 Å². The minimum Gasteiger partial charge on any atom is -0.395 e. The van der Waals surface area contributed by atoms with Gasteiger partial charge in [0, 0.05) is 45.6 Å². The molecule has 6 heteroatoms. The molecule has 0 aromatic carbocycles. The number of aromatic nitrogens is 2. The third kappa shape index (κ3) is 4.08. The number of rotatable bonds is 8. The maximum atomic E-state index is 9.09. The summed E-state index contributed by atoms with van der Waals surface area (Å²) in [6.45, 7) is 2.56. The number of aryl methyl sites for hydroxylation is 1. The molecule has 0 aliphatic carbocycles. The molecule has 0 radical (unpaired) electrons. The second kappa shape index (κ2) is 7.39. The number of hydrogen-bond donors (Lipinski definition) is 2. The monoisotopic (exact) mass is 242 g/mol. The fourth-order valence-electron chi connectivity index (χ4n) is 1.87. The van der Waals surface area contributed by atoms with E-state index in [0.717, 1.165) is 12.1 Å². The van der Waals surface area contributed by atoms with Gasteiger partial charge in [0.05, 0.1) is 25.5 Å². The molecular weight excluding hydrogens is 220 g/mol. The number of nitrogens with zero attached hydrogens (tertiary/aromatic N) is 3. The largest absolute Gasteiger partial charge is 0.395 e. The Balaban J connectivity index is 2.73. The lowest BCUT2D eigenvalue weighted by molar-refractivity contribution is 0.103. The lowest BCUT2D eigenvalue weighted by Gasteiger charge is -2.29. The van der Waals surface area contributed by atoms with Crippen molar-refractivity contribution in [1.29, 1.82) is 0 Å². The average Bonchev–Trinajstić information content (AvgIpc) is 2.73. The van der Waals surface area contributed by atoms with Crippen molar-refractivity contribution < 1.29 is 9.84 Å². The second-order valence-electron chi connectivity index (χ2n) is 3.95. The zero-order chi connectivity index (χ0) is 12.7. The van der Waals surface area contributed by atoms with E-state index in [0.29, 0.717) is 19.7 Å². The summed E-state index contributed by atoms with van der Waals surface area (Å²) < 4.78 is 6.82. The van der Waals surface area contributed by atoms with E-state index in [4.69, 9.17) is 15.6 Å². The van der Waals surface area contributed by atoms with Crippen LogP contribution >= 0.6 is 0 Å². The first-order valence-electron chi connectivity index (χ1n) is 5.75. The summed E-state index contributed by atoms with van der Waals surface area (Å²) in [5, 5.41) is 13.2. The van der Waals surface area contributed by atoms with Crippen LogP contribution in [-0.2, 0) is 11.8 Å². The first-order chi connectivity index (χ1) is 8.22. The molecule has 0 aliphatic heterocycles. The summed E-state index contributed by atoms with van der Waals surface area (Å²) in [7, 11) is 3.54. The average molecular weight is 242 g/mol. The molecule has 6 nitrogen and oxygen atoms in total. The predicted molar refractivity (Wildman–Crippen MR) is 65.5 cm³/mol. The highest BCUT2D eigenvalue weighted by molar-refractivity contribution is 5.11. The number of aliphatic hydroxyl groups is 1. The second-order valence-corrected chi connectivity index (χ2v) is 3.95. The van der Waals surface area contributed by atoms with Gasteiger partial charge in [-0.15, -0.1) is 0 Å². The Kier molecular flexibility index (Phi) is 6.13.